The number of para-hydroxylation sites is 1. The minimum Gasteiger partial charge on any atom is -0.497 e. The molecule has 0 saturated heterocycles. The lowest BCUT2D eigenvalue weighted by Crippen LogP contribution is -1.89. The van der Waals surface area contributed by atoms with E-state index in [-0.39, 0.29) is 0 Å². The number of anilines is 1. The van der Waals surface area contributed by atoms with Gasteiger partial charge in [-0.25, -0.2) is 4.98 Å². The summed E-state index contributed by atoms with van der Waals surface area (Å²) >= 11 is 0. The highest BCUT2D eigenvalue weighted by molar-refractivity contribution is 5.89. The van der Waals surface area contributed by atoms with Crippen LogP contribution in [0.4, 0.5) is 5.69 Å². The molecular formula is C15H15N3O2. The summed E-state index contributed by atoms with van der Waals surface area (Å²) in [6.07, 6.45) is 0. The monoisotopic (exact) mass is 269 g/mol. The van der Waals surface area contributed by atoms with Crippen LogP contribution in [0.2, 0.25) is 0 Å². The number of nitrogens with one attached hydrogen (secondary N) is 1. The van der Waals surface area contributed by atoms with Crippen molar-refractivity contribution in [2.24, 2.45) is 0 Å². The lowest BCUT2D eigenvalue weighted by Gasteiger charge is -2.06. The topological polar surface area (TPSA) is 73.2 Å². The van der Waals surface area contributed by atoms with E-state index < -0.39 is 0 Å². The number of hydrogen-bond acceptors (Lipinski definition) is 4. The Morgan fingerprint density at radius 3 is 2.35 bits per heavy atom. The van der Waals surface area contributed by atoms with Gasteiger partial charge in [-0.2, -0.15) is 0 Å². The number of ether oxygens (including phenoxy) is 2. The van der Waals surface area contributed by atoms with Gasteiger partial charge in [-0.15, -0.1) is 0 Å². The van der Waals surface area contributed by atoms with Crippen LogP contribution in [0.25, 0.3) is 22.4 Å². The van der Waals surface area contributed by atoms with Gasteiger partial charge in [0.05, 0.1) is 25.4 Å². The molecule has 5 nitrogen and oxygen atoms in total. The van der Waals surface area contributed by atoms with Gasteiger partial charge in [0.25, 0.3) is 0 Å². The highest BCUT2D eigenvalue weighted by atomic mass is 16.5. The fourth-order valence-electron chi connectivity index (χ4n) is 2.14. The predicted molar refractivity (Wildman–Crippen MR) is 79.0 cm³/mol. The van der Waals surface area contributed by atoms with Crippen molar-refractivity contribution in [2.45, 2.75) is 0 Å². The second-order valence-corrected chi connectivity index (χ2v) is 4.43. The van der Waals surface area contributed by atoms with Crippen molar-refractivity contribution in [3.8, 4) is 22.9 Å². The van der Waals surface area contributed by atoms with Crippen LogP contribution < -0.4 is 15.2 Å². The van der Waals surface area contributed by atoms with Gasteiger partial charge in [-0.05, 0) is 24.3 Å². The first-order chi connectivity index (χ1) is 9.71. The van der Waals surface area contributed by atoms with Gasteiger partial charge in [-0.1, -0.05) is 6.07 Å². The SMILES string of the molecule is COc1cc(OC)cc(-c2nc3c(N)cccc3[nH]2)c1. The molecule has 0 aliphatic rings. The van der Waals surface area contributed by atoms with Crippen LogP contribution in [0, 0.1) is 0 Å². The lowest BCUT2D eigenvalue weighted by molar-refractivity contribution is 0.394. The van der Waals surface area contributed by atoms with Gasteiger partial charge in [0.2, 0.25) is 0 Å². The van der Waals surface area contributed by atoms with Crippen molar-refractivity contribution in [1.29, 1.82) is 0 Å². The van der Waals surface area contributed by atoms with E-state index in [4.69, 9.17) is 15.2 Å². The maximum atomic E-state index is 5.93. The third-order valence-electron chi connectivity index (χ3n) is 3.17. The maximum absolute atomic E-state index is 5.93. The smallest absolute Gasteiger partial charge is 0.138 e. The number of benzene rings is 2. The molecule has 20 heavy (non-hydrogen) atoms. The lowest BCUT2D eigenvalue weighted by atomic mass is 10.2. The van der Waals surface area contributed by atoms with Gasteiger partial charge < -0.3 is 20.2 Å². The molecule has 102 valence electrons. The van der Waals surface area contributed by atoms with E-state index in [9.17, 15) is 0 Å². The van der Waals surface area contributed by atoms with Crippen molar-refractivity contribution in [1.82, 2.24) is 9.97 Å². The third-order valence-corrected chi connectivity index (χ3v) is 3.17. The van der Waals surface area contributed by atoms with E-state index in [1.54, 1.807) is 14.2 Å². The van der Waals surface area contributed by atoms with E-state index in [1.807, 2.05) is 36.4 Å². The Balaban J connectivity index is 2.17. The molecule has 0 amide bonds. The fourth-order valence-corrected chi connectivity index (χ4v) is 2.14. The number of fused-ring (bicyclic) bond motifs is 1. The molecule has 3 N–H and O–H groups in total. The minimum atomic E-state index is 0.653. The number of imidazole rings is 1. The zero-order valence-electron chi connectivity index (χ0n) is 11.3. The molecule has 0 unspecified atom stereocenters. The van der Waals surface area contributed by atoms with Crippen LogP contribution in [0.5, 0.6) is 11.5 Å². The predicted octanol–water partition coefficient (Wildman–Crippen LogP) is 2.83. The Labute approximate surface area is 116 Å². The highest BCUT2D eigenvalue weighted by Crippen LogP contribution is 2.30. The molecule has 0 aliphatic carbocycles. The van der Waals surface area contributed by atoms with Crippen molar-refractivity contribution in [3.63, 3.8) is 0 Å². The molecule has 0 fully saturated rings. The Kier molecular flexibility index (Phi) is 2.95. The standard InChI is InChI=1S/C15H15N3O2/c1-19-10-6-9(7-11(8-10)20-2)15-17-13-5-3-4-12(16)14(13)18-15/h3-8H,16H2,1-2H3,(H,17,18). The van der Waals surface area contributed by atoms with Gasteiger partial charge in [0.15, 0.2) is 0 Å². The van der Waals surface area contributed by atoms with Gasteiger partial charge in [0.1, 0.15) is 22.8 Å². The summed E-state index contributed by atoms with van der Waals surface area (Å²) in [4.78, 5) is 7.79. The third kappa shape index (κ3) is 2.03. The van der Waals surface area contributed by atoms with E-state index in [0.717, 1.165) is 22.4 Å². The molecule has 3 rings (SSSR count). The number of aromatic amines is 1. The zero-order valence-corrected chi connectivity index (χ0v) is 11.3. The van der Waals surface area contributed by atoms with E-state index in [0.29, 0.717) is 17.2 Å². The molecule has 3 aromatic rings. The number of rotatable bonds is 3. The molecule has 0 saturated carbocycles. The maximum Gasteiger partial charge on any atom is 0.138 e. The Morgan fingerprint density at radius 2 is 1.75 bits per heavy atom. The average Bonchev–Trinajstić information content (AvgIpc) is 2.92. The number of H-pyrrole nitrogens is 1. The van der Waals surface area contributed by atoms with Crippen LogP contribution in [0.3, 0.4) is 0 Å². The summed E-state index contributed by atoms with van der Waals surface area (Å²) in [7, 11) is 3.24. The molecule has 0 bridgehead atoms. The molecule has 2 aromatic carbocycles. The summed E-state index contributed by atoms with van der Waals surface area (Å²) < 4.78 is 10.5. The number of hydrogen-bond donors (Lipinski definition) is 2. The molecule has 5 heteroatoms. The summed E-state index contributed by atoms with van der Waals surface area (Å²) in [5, 5.41) is 0. The first kappa shape index (κ1) is 12.3. The second-order valence-electron chi connectivity index (χ2n) is 4.43. The molecular weight excluding hydrogens is 254 g/mol. The first-order valence-corrected chi connectivity index (χ1v) is 6.19. The number of aromatic nitrogens is 2. The second kappa shape index (κ2) is 4.77. The van der Waals surface area contributed by atoms with Crippen LogP contribution in [-0.4, -0.2) is 24.2 Å². The van der Waals surface area contributed by atoms with Crippen molar-refractivity contribution in [2.75, 3.05) is 20.0 Å². The van der Waals surface area contributed by atoms with Crippen LogP contribution in [-0.2, 0) is 0 Å². The average molecular weight is 269 g/mol. The summed E-state index contributed by atoms with van der Waals surface area (Å²) in [6.45, 7) is 0. The number of methoxy groups -OCH3 is 2. The van der Waals surface area contributed by atoms with Crippen LogP contribution in [0.15, 0.2) is 36.4 Å². The Morgan fingerprint density at radius 1 is 1.05 bits per heavy atom. The summed E-state index contributed by atoms with van der Waals surface area (Å²) in [6, 6.07) is 11.3. The normalized spacial score (nSPS) is 10.7. The molecule has 1 aromatic heterocycles. The molecule has 1 heterocycles. The number of nitrogens with zero attached hydrogens (tertiary/aromatic N) is 1. The Bertz CT molecular complexity index is 743. The van der Waals surface area contributed by atoms with Gasteiger partial charge in [0, 0.05) is 11.6 Å². The molecule has 0 spiro atoms. The quantitative estimate of drug-likeness (QED) is 0.717. The number of nitrogens with two attached hydrogens (primary N) is 1. The fraction of sp³-hybridized carbons (Fsp3) is 0.133. The van der Waals surface area contributed by atoms with E-state index in [1.165, 1.54) is 0 Å². The van der Waals surface area contributed by atoms with Crippen molar-refractivity contribution < 1.29 is 9.47 Å². The first-order valence-electron chi connectivity index (χ1n) is 6.19. The molecule has 0 atom stereocenters. The highest BCUT2D eigenvalue weighted by Gasteiger charge is 2.10. The number of nitrogen functional groups attached to an aromatic ring is 1. The van der Waals surface area contributed by atoms with E-state index in [2.05, 4.69) is 9.97 Å². The molecule has 0 radical (unpaired) electrons. The van der Waals surface area contributed by atoms with Gasteiger partial charge in [-0.3, -0.25) is 0 Å². The van der Waals surface area contributed by atoms with Crippen LogP contribution in [0.1, 0.15) is 0 Å². The van der Waals surface area contributed by atoms with Crippen molar-refractivity contribution in [3.05, 3.63) is 36.4 Å². The molecule has 0 aliphatic heterocycles. The zero-order chi connectivity index (χ0) is 14.1. The minimum absolute atomic E-state index is 0.653. The van der Waals surface area contributed by atoms with Crippen LogP contribution >= 0.6 is 0 Å². The van der Waals surface area contributed by atoms with E-state index >= 15 is 0 Å². The Hall–Kier alpha value is -2.69. The summed E-state index contributed by atoms with van der Waals surface area (Å²) in [5.41, 5.74) is 9.14. The summed E-state index contributed by atoms with van der Waals surface area (Å²) in [5.74, 6) is 2.16. The van der Waals surface area contributed by atoms with Gasteiger partial charge >= 0.3 is 0 Å². The van der Waals surface area contributed by atoms with Crippen molar-refractivity contribution >= 4 is 16.7 Å². The largest absolute Gasteiger partial charge is 0.497 e.